The number of benzene rings is 2. The van der Waals surface area contributed by atoms with Crippen LogP contribution in [0.4, 0.5) is 5.82 Å². The topological polar surface area (TPSA) is 86.3 Å². The summed E-state index contributed by atoms with van der Waals surface area (Å²) < 4.78 is 7.64. The Morgan fingerprint density at radius 1 is 1.21 bits per heavy atom. The van der Waals surface area contributed by atoms with Gasteiger partial charge < -0.3 is 15.4 Å². The van der Waals surface area contributed by atoms with Crippen molar-refractivity contribution in [2.24, 2.45) is 13.0 Å². The van der Waals surface area contributed by atoms with Crippen molar-refractivity contribution in [3.63, 3.8) is 0 Å². The zero-order chi connectivity index (χ0) is 23.4. The van der Waals surface area contributed by atoms with Crippen LogP contribution >= 0.6 is 0 Å². The molecular formula is C27H25N5O2. The van der Waals surface area contributed by atoms with Crippen molar-refractivity contribution in [3.05, 3.63) is 64.8 Å². The molecule has 3 heterocycles. The van der Waals surface area contributed by atoms with Crippen molar-refractivity contribution in [1.82, 2.24) is 19.7 Å². The smallest absolute Gasteiger partial charge is 0.254 e. The molecule has 1 amide bonds. The minimum Gasteiger partial charge on any atom is -0.383 e. The molecule has 2 aromatic heterocycles. The van der Waals surface area contributed by atoms with Crippen molar-refractivity contribution < 1.29 is 9.53 Å². The lowest BCUT2D eigenvalue weighted by Gasteiger charge is -2.33. The zero-order valence-electron chi connectivity index (χ0n) is 19.2. The van der Waals surface area contributed by atoms with Crippen LogP contribution in [0.25, 0.3) is 21.8 Å². The second kappa shape index (κ2) is 7.86. The molecule has 0 bridgehead atoms. The Hall–Kier alpha value is -3.89. The van der Waals surface area contributed by atoms with E-state index in [9.17, 15) is 4.79 Å². The van der Waals surface area contributed by atoms with Gasteiger partial charge in [0.2, 0.25) is 0 Å². The second-order valence-corrected chi connectivity index (χ2v) is 9.16. The number of hydrogen-bond donors (Lipinski definition) is 1. The fourth-order valence-electron chi connectivity index (χ4n) is 4.67. The van der Waals surface area contributed by atoms with Crippen molar-refractivity contribution in [1.29, 1.82) is 0 Å². The first-order valence-electron chi connectivity index (χ1n) is 11.5. The number of hydrogen-bond acceptors (Lipinski definition) is 5. The van der Waals surface area contributed by atoms with Gasteiger partial charge in [0, 0.05) is 36.5 Å². The number of anilines is 1. The molecule has 2 N–H and O–H groups in total. The molecule has 7 heteroatoms. The highest BCUT2D eigenvalue weighted by Gasteiger charge is 2.28. The van der Waals surface area contributed by atoms with E-state index in [-0.39, 0.29) is 11.9 Å². The van der Waals surface area contributed by atoms with Gasteiger partial charge in [0.15, 0.2) is 0 Å². The van der Waals surface area contributed by atoms with Gasteiger partial charge in [-0.25, -0.2) is 4.98 Å². The first-order chi connectivity index (χ1) is 16.5. The van der Waals surface area contributed by atoms with Crippen LogP contribution in [0.15, 0.2) is 42.6 Å². The lowest BCUT2D eigenvalue weighted by Crippen LogP contribution is -2.36. The van der Waals surface area contributed by atoms with Gasteiger partial charge in [-0.2, -0.15) is 5.10 Å². The number of nitrogen functional groups attached to an aromatic ring is 1. The van der Waals surface area contributed by atoms with E-state index >= 15 is 0 Å². The molecule has 1 atom stereocenters. The lowest BCUT2D eigenvalue weighted by molar-refractivity contribution is 0.0346. The lowest BCUT2D eigenvalue weighted by atomic mass is 9.95. The van der Waals surface area contributed by atoms with Crippen LogP contribution in [0.5, 0.6) is 0 Å². The average molecular weight is 452 g/mol. The van der Waals surface area contributed by atoms with E-state index in [4.69, 9.17) is 10.5 Å². The maximum Gasteiger partial charge on any atom is 0.254 e. The summed E-state index contributed by atoms with van der Waals surface area (Å²) in [5.41, 5.74) is 11.5. The highest BCUT2D eigenvalue weighted by Crippen LogP contribution is 2.33. The van der Waals surface area contributed by atoms with Gasteiger partial charge in [0.05, 0.1) is 41.9 Å². The van der Waals surface area contributed by atoms with E-state index in [1.165, 1.54) is 12.8 Å². The number of aromatic nitrogens is 3. The molecule has 2 aromatic carbocycles. The predicted octanol–water partition coefficient (Wildman–Crippen LogP) is 3.81. The van der Waals surface area contributed by atoms with Gasteiger partial charge in [-0.05, 0) is 54.3 Å². The van der Waals surface area contributed by atoms with Crippen molar-refractivity contribution in [3.8, 4) is 11.8 Å². The van der Waals surface area contributed by atoms with Gasteiger partial charge in [-0.1, -0.05) is 17.9 Å². The molecule has 1 fully saturated rings. The predicted molar refractivity (Wildman–Crippen MR) is 131 cm³/mol. The zero-order valence-corrected chi connectivity index (χ0v) is 19.2. The van der Waals surface area contributed by atoms with Crippen molar-refractivity contribution in [2.45, 2.75) is 25.5 Å². The summed E-state index contributed by atoms with van der Waals surface area (Å²) in [6.07, 6.45) is 4.12. The number of rotatable bonds is 2. The van der Waals surface area contributed by atoms with Crippen LogP contribution in [0.1, 0.15) is 45.9 Å². The molecular weight excluding hydrogens is 426 g/mol. The maximum absolute atomic E-state index is 13.6. The highest BCUT2D eigenvalue weighted by molar-refractivity contribution is 6.10. The largest absolute Gasteiger partial charge is 0.383 e. The second-order valence-electron chi connectivity index (χ2n) is 9.16. The van der Waals surface area contributed by atoms with E-state index in [1.54, 1.807) is 21.8 Å². The number of nitrogens with two attached hydrogens (primary N) is 1. The Labute approximate surface area is 197 Å². The van der Waals surface area contributed by atoms with Gasteiger partial charge >= 0.3 is 0 Å². The summed E-state index contributed by atoms with van der Waals surface area (Å²) >= 11 is 0. The van der Waals surface area contributed by atoms with Crippen LogP contribution in [0.2, 0.25) is 0 Å². The molecule has 2 aliphatic rings. The van der Waals surface area contributed by atoms with E-state index < -0.39 is 0 Å². The quantitative estimate of drug-likeness (QED) is 0.469. The van der Waals surface area contributed by atoms with Crippen molar-refractivity contribution in [2.75, 3.05) is 19.4 Å². The standard InChI is InChI=1S/C27H25N5O2/c1-31(24-15-34-14-19-11-17(7-9-20(19)24)6-5-16-3-4-16)27(33)18-8-10-23-21(12-18)25-22(26(28)30-23)13-29-32(25)2/h7-13,16,24H,3-4,14-15H2,1-2H3,(H2,28,30). The van der Waals surface area contributed by atoms with E-state index in [0.717, 1.165) is 38.5 Å². The molecule has 0 radical (unpaired) electrons. The summed E-state index contributed by atoms with van der Waals surface area (Å²) in [6.45, 7) is 0.994. The number of fused-ring (bicyclic) bond motifs is 4. The number of amides is 1. The molecule has 1 unspecified atom stereocenters. The van der Waals surface area contributed by atoms with Gasteiger partial charge in [-0.3, -0.25) is 9.48 Å². The number of nitrogens with zero attached hydrogens (tertiary/aromatic N) is 4. The van der Waals surface area contributed by atoms with Crippen LogP contribution in [0, 0.1) is 17.8 Å². The Bertz CT molecular complexity index is 1520. The first-order valence-corrected chi connectivity index (χ1v) is 11.5. The van der Waals surface area contributed by atoms with Gasteiger partial charge in [0.1, 0.15) is 5.82 Å². The molecule has 0 saturated heterocycles. The molecule has 4 aromatic rings. The number of carbonyl (C=O) groups excluding carboxylic acids is 1. The number of ether oxygens (including phenoxy) is 1. The molecule has 6 rings (SSSR count). The minimum atomic E-state index is -0.168. The third-order valence-corrected chi connectivity index (χ3v) is 6.78. The summed E-state index contributed by atoms with van der Waals surface area (Å²) in [5, 5.41) is 5.95. The van der Waals surface area contributed by atoms with Crippen LogP contribution in [-0.4, -0.2) is 39.2 Å². The Morgan fingerprint density at radius 3 is 2.88 bits per heavy atom. The van der Waals surface area contributed by atoms with E-state index in [1.807, 2.05) is 26.2 Å². The van der Waals surface area contributed by atoms with Crippen molar-refractivity contribution >= 4 is 33.5 Å². The Balaban J connectivity index is 1.33. The van der Waals surface area contributed by atoms with Gasteiger partial charge in [-0.15, -0.1) is 0 Å². The highest BCUT2D eigenvalue weighted by atomic mass is 16.5. The maximum atomic E-state index is 13.6. The number of aryl methyl sites for hydroxylation is 1. The monoisotopic (exact) mass is 451 g/mol. The molecule has 170 valence electrons. The first kappa shape index (κ1) is 20.7. The average Bonchev–Trinajstić information content (AvgIpc) is 3.61. The number of pyridine rings is 1. The SMILES string of the molecule is CN(C(=O)c1ccc2nc(N)c3cnn(C)c3c2c1)C1COCc2cc(C#CC3CC3)ccc21. The molecule has 1 aliphatic carbocycles. The van der Waals surface area contributed by atoms with Crippen LogP contribution in [0.3, 0.4) is 0 Å². The van der Waals surface area contributed by atoms with E-state index in [0.29, 0.717) is 30.5 Å². The molecule has 0 spiro atoms. The third-order valence-electron chi connectivity index (χ3n) is 6.78. The number of carbonyl (C=O) groups is 1. The summed E-state index contributed by atoms with van der Waals surface area (Å²) in [6, 6.07) is 11.6. The fraction of sp³-hybridized carbons (Fsp3) is 0.296. The molecule has 1 aliphatic heterocycles. The summed E-state index contributed by atoms with van der Waals surface area (Å²) in [4.78, 5) is 19.8. The minimum absolute atomic E-state index is 0.0758. The summed E-state index contributed by atoms with van der Waals surface area (Å²) in [5.74, 6) is 7.51. The number of likely N-dealkylation sites (N-methyl/N-ethyl adjacent to an activating group) is 1. The molecule has 7 nitrogen and oxygen atoms in total. The summed E-state index contributed by atoms with van der Waals surface area (Å²) in [7, 11) is 3.69. The van der Waals surface area contributed by atoms with Gasteiger partial charge in [0.25, 0.3) is 5.91 Å². The molecule has 1 saturated carbocycles. The molecule has 34 heavy (non-hydrogen) atoms. The Morgan fingerprint density at radius 2 is 2.06 bits per heavy atom. The van der Waals surface area contributed by atoms with E-state index in [2.05, 4.69) is 40.1 Å². The third kappa shape index (κ3) is 3.47. The van der Waals surface area contributed by atoms with Crippen LogP contribution < -0.4 is 5.73 Å². The fourth-order valence-corrected chi connectivity index (χ4v) is 4.67. The normalized spacial score (nSPS) is 17.3. The van der Waals surface area contributed by atoms with Crippen LogP contribution in [-0.2, 0) is 18.4 Å². The Kier molecular flexibility index (Phi) is 4.78.